The molecule has 1 unspecified atom stereocenters. The predicted molar refractivity (Wildman–Crippen MR) is 171 cm³/mol. The van der Waals surface area contributed by atoms with E-state index in [1.54, 1.807) is 14.2 Å². The van der Waals surface area contributed by atoms with E-state index in [1.165, 1.54) is 0 Å². The maximum atomic E-state index is 6.54. The van der Waals surface area contributed by atoms with Crippen molar-refractivity contribution >= 4 is 12.6 Å². The van der Waals surface area contributed by atoms with Gasteiger partial charge >= 0.3 is 7.12 Å². The fourth-order valence-corrected chi connectivity index (χ4v) is 4.33. The average Bonchev–Trinajstić information content (AvgIpc) is 3.17. The Bertz CT molecular complexity index is 1380. The first kappa shape index (κ1) is 32.3. The third-order valence-electron chi connectivity index (χ3n) is 7.67. The van der Waals surface area contributed by atoms with Crippen LogP contribution >= 0.6 is 0 Å². The number of hydrogen-bond donors (Lipinski definition) is 0. The summed E-state index contributed by atoms with van der Waals surface area (Å²) in [6.07, 6.45) is 7.10. The molecule has 41 heavy (non-hydrogen) atoms. The van der Waals surface area contributed by atoms with Crippen molar-refractivity contribution in [1.82, 2.24) is 0 Å². The van der Waals surface area contributed by atoms with E-state index in [-0.39, 0.29) is 11.5 Å². The Morgan fingerprint density at radius 2 is 1.41 bits per heavy atom. The van der Waals surface area contributed by atoms with Crippen LogP contribution in [0.15, 0.2) is 60.2 Å². The number of rotatable bonds is 3. The van der Waals surface area contributed by atoms with Crippen LogP contribution in [0, 0.1) is 23.7 Å². The smallest absolute Gasteiger partial charge is 0.497 e. The zero-order valence-corrected chi connectivity index (χ0v) is 26.7. The lowest BCUT2D eigenvalue weighted by atomic mass is 9.70. The van der Waals surface area contributed by atoms with E-state index < -0.39 is 18.3 Å². The van der Waals surface area contributed by atoms with Crippen LogP contribution in [0.25, 0.3) is 0 Å². The summed E-state index contributed by atoms with van der Waals surface area (Å²) >= 11 is 0. The van der Waals surface area contributed by atoms with Gasteiger partial charge < -0.3 is 18.8 Å². The molecule has 0 aromatic heterocycles. The van der Waals surface area contributed by atoms with Crippen LogP contribution in [0.4, 0.5) is 0 Å². The Hall–Kier alpha value is -3.22. The zero-order valence-electron chi connectivity index (χ0n) is 26.7. The molecule has 0 radical (unpaired) electrons. The Morgan fingerprint density at radius 3 is 1.88 bits per heavy atom. The lowest BCUT2D eigenvalue weighted by Crippen LogP contribution is -2.41. The van der Waals surface area contributed by atoms with E-state index >= 15 is 0 Å². The molecular formula is C36H45BO4. The Labute approximate surface area is 248 Å². The van der Waals surface area contributed by atoms with Gasteiger partial charge in [-0.3, -0.25) is 0 Å². The first-order valence-electron chi connectivity index (χ1n) is 14.5. The molecular weight excluding hydrogens is 507 g/mol. The molecule has 5 heteroatoms. The monoisotopic (exact) mass is 552 g/mol. The summed E-state index contributed by atoms with van der Waals surface area (Å²) in [5.74, 6) is 14.4. The highest BCUT2D eigenvalue weighted by Gasteiger charge is 2.53. The highest BCUT2D eigenvalue weighted by Crippen LogP contribution is 2.37. The minimum absolute atomic E-state index is 0.0971. The molecule has 1 aliphatic heterocycles. The molecule has 4 rings (SSSR count). The molecule has 2 aliphatic rings. The first-order chi connectivity index (χ1) is 19.3. The number of hydrogen-bond acceptors (Lipinski definition) is 4. The van der Waals surface area contributed by atoms with Crippen LogP contribution in [0.2, 0.25) is 0 Å². The minimum atomic E-state index is -0.595. The van der Waals surface area contributed by atoms with Gasteiger partial charge in [-0.25, -0.2) is 0 Å². The molecule has 0 bridgehead atoms. The number of allylic oxidation sites excluding steroid dienone is 2. The Morgan fingerprint density at radius 1 is 0.854 bits per heavy atom. The van der Waals surface area contributed by atoms with Crippen LogP contribution in [0.3, 0.4) is 0 Å². The molecule has 1 atom stereocenters. The lowest BCUT2D eigenvalue weighted by molar-refractivity contribution is 0.00578. The van der Waals surface area contributed by atoms with E-state index in [9.17, 15) is 0 Å². The summed E-state index contributed by atoms with van der Waals surface area (Å²) in [7, 11) is 2.79. The van der Waals surface area contributed by atoms with E-state index in [1.807, 2.05) is 44.2 Å². The molecule has 0 amide bonds. The summed E-state index contributed by atoms with van der Waals surface area (Å²) in [4.78, 5) is 0. The van der Waals surface area contributed by atoms with E-state index in [0.29, 0.717) is 0 Å². The van der Waals surface area contributed by atoms with Crippen molar-refractivity contribution in [3.63, 3.8) is 0 Å². The second-order valence-corrected chi connectivity index (χ2v) is 12.1. The van der Waals surface area contributed by atoms with Crippen molar-refractivity contribution in [3.8, 4) is 29.4 Å². The van der Waals surface area contributed by atoms with Crippen LogP contribution in [0.1, 0.15) is 91.0 Å². The van der Waals surface area contributed by atoms with Crippen molar-refractivity contribution < 1.29 is 18.8 Å². The summed E-state index contributed by atoms with van der Waals surface area (Å²) in [6.45, 7) is 18.9. The molecule has 216 valence electrons. The third kappa shape index (κ3) is 7.75. The van der Waals surface area contributed by atoms with Crippen molar-refractivity contribution in [1.29, 1.82) is 0 Å². The maximum absolute atomic E-state index is 6.54. The van der Waals surface area contributed by atoms with Crippen LogP contribution < -0.4 is 10.2 Å². The van der Waals surface area contributed by atoms with Gasteiger partial charge in [0, 0.05) is 34.8 Å². The highest BCUT2D eigenvalue weighted by atomic mass is 16.7. The normalized spacial score (nSPS) is 18.7. The van der Waals surface area contributed by atoms with Crippen LogP contribution in [0.5, 0.6) is 5.75 Å². The van der Waals surface area contributed by atoms with Crippen molar-refractivity contribution in [2.75, 3.05) is 14.2 Å². The molecule has 4 nitrogen and oxygen atoms in total. The van der Waals surface area contributed by atoms with Gasteiger partial charge in [0.2, 0.25) is 0 Å². The highest BCUT2D eigenvalue weighted by molar-refractivity contribution is 6.63. The quantitative estimate of drug-likeness (QED) is 0.305. The van der Waals surface area contributed by atoms with Gasteiger partial charge in [-0.05, 0) is 87.6 Å². The molecule has 0 spiro atoms. The van der Waals surface area contributed by atoms with Gasteiger partial charge in [0.25, 0.3) is 0 Å². The standard InChI is InChI=1S/C34H39BO4.C2H6/c1-32(2,3)28-22-26(16-10-24-12-18-29(36-8)19-13-24)31(35-38-33(4,5)34(6,7)39-35)27(23-28)17-11-25-14-20-30(37-9)21-15-25;1-2/h12-15,18-20,22-23,30H,21H2,1-9H3;1-2H3. The molecule has 1 saturated heterocycles. The first-order valence-corrected chi connectivity index (χ1v) is 14.5. The Balaban J connectivity index is 0.00000226. The van der Waals surface area contributed by atoms with Gasteiger partial charge in [0.05, 0.1) is 24.4 Å². The second kappa shape index (κ2) is 13.2. The zero-order chi connectivity index (χ0) is 30.4. The molecule has 1 heterocycles. The number of methoxy groups -OCH3 is 2. The molecule has 1 aliphatic carbocycles. The molecule has 2 aromatic carbocycles. The van der Waals surface area contributed by atoms with Crippen molar-refractivity contribution in [3.05, 3.63) is 82.5 Å². The third-order valence-corrected chi connectivity index (χ3v) is 7.67. The topological polar surface area (TPSA) is 36.9 Å². The fraction of sp³-hybridized carbons (Fsp3) is 0.444. The van der Waals surface area contributed by atoms with Gasteiger partial charge in [-0.15, -0.1) is 0 Å². The van der Waals surface area contributed by atoms with E-state index in [4.69, 9.17) is 18.8 Å². The molecule has 1 fully saturated rings. The summed E-state index contributed by atoms with van der Waals surface area (Å²) in [6, 6.07) is 12.1. The van der Waals surface area contributed by atoms with Gasteiger partial charge in [0.1, 0.15) is 5.75 Å². The van der Waals surface area contributed by atoms with Gasteiger partial charge in [-0.2, -0.15) is 0 Å². The van der Waals surface area contributed by atoms with Crippen molar-refractivity contribution in [2.45, 2.75) is 91.5 Å². The van der Waals surface area contributed by atoms with Gasteiger partial charge in [0.15, 0.2) is 0 Å². The predicted octanol–water partition coefficient (Wildman–Crippen LogP) is 6.97. The largest absolute Gasteiger partial charge is 0.497 e. The summed E-state index contributed by atoms with van der Waals surface area (Å²) < 4.78 is 23.8. The van der Waals surface area contributed by atoms with Crippen LogP contribution in [-0.4, -0.2) is 38.6 Å². The van der Waals surface area contributed by atoms with E-state index in [2.05, 4.69) is 96.4 Å². The lowest BCUT2D eigenvalue weighted by Gasteiger charge is -2.32. The van der Waals surface area contributed by atoms with Gasteiger partial charge in [-0.1, -0.05) is 70.5 Å². The summed E-state index contributed by atoms with van der Waals surface area (Å²) in [5.41, 5.74) is 4.52. The molecule has 0 saturated carbocycles. The fourth-order valence-electron chi connectivity index (χ4n) is 4.33. The molecule has 2 aromatic rings. The van der Waals surface area contributed by atoms with Crippen LogP contribution in [-0.2, 0) is 19.5 Å². The number of benzene rings is 2. The van der Waals surface area contributed by atoms with E-state index in [0.717, 1.165) is 45.5 Å². The minimum Gasteiger partial charge on any atom is -0.497 e. The summed E-state index contributed by atoms with van der Waals surface area (Å²) in [5, 5.41) is 0. The SMILES string of the molecule is CC.COc1ccc(C#Cc2cc(C(C)(C)C)cc(C#CC3=CCC(OC)C=C3)c2B2OC(C)(C)C(C)(C)O2)cc1. The average molecular weight is 553 g/mol. The molecule has 0 N–H and O–H groups in total. The Kier molecular flexibility index (Phi) is 10.4. The van der Waals surface area contributed by atoms with Crippen molar-refractivity contribution in [2.24, 2.45) is 0 Å². The number of ether oxygens (including phenoxy) is 2. The maximum Gasteiger partial charge on any atom is 0.497 e. The second-order valence-electron chi connectivity index (χ2n) is 12.1.